The van der Waals surface area contributed by atoms with Gasteiger partial charge in [0.05, 0.1) is 5.69 Å². The fourth-order valence-electron chi connectivity index (χ4n) is 3.51. The van der Waals surface area contributed by atoms with Crippen LogP contribution in [0.4, 0.5) is 17.2 Å². The fourth-order valence-corrected chi connectivity index (χ4v) is 3.51. The number of hydrogen-bond acceptors (Lipinski definition) is 4. The van der Waals surface area contributed by atoms with Gasteiger partial charge in [0.25, 0.3) is 0 Å². The lowest BCUT2D eigenvalue weighted by Crippen LogP contribution is -2.00. The highest BCUT2D eigenvalue weighted by atomic mass is 16.5. The number of hydrogen-bond donors (Lipinski definition) is 3. The summed E-state index contributed by atoms with van der Waals surface area (Å²) in [6.45, 7) is 2.66. The molecule has 1 heterocycles. The Kier molecular flexibility index (Phi) is 6.82. The minimum Gasteiger partial charge on any atom is -0.489 e. The van der Waals surface area contributed by atoms with Gasteiger partial charge in [-0.25, -0.2) is 0 Å². The lowest BCUT2D eigenvalue weighted by Gasteiger charge is -2.10. The SMILES string of the molecule is CCCc1cc(Nc2cc(-c3ccc(OCc4ccccc4)cc3)[nH]n2)ccc1NC=O. The van der Waals surface area contributed by atoms with Crippen LogP contribution in [0.3, 0.4) is 0 Å². The van der Waals surface area contributed by atoms with Gasteiger partial charge in [-0.05, 0) is 65.6 Å². The van der Waals surface area contributed by atoms with Gasteiger partial charge in [-0.15, -0.1) is 0 Å². The maximum Gasteiger partial charge on any atom is 0.211 e. The zero-order chi connectivity index (χ0) is 22.2. The lowest BCUT2D eigenvalue weighted by molar-refractivity contribution is -0.105. The molecule has 0 bridgehead atoms. The molecule has 1 amide bonds. The van der Waals surface area contributed by atoms with E-state index in [1.54, 1.807) is 0 Å². The molecular weight excluding hydrogens is 400 g/mol. The van der Waals surface area contributed by atoms with Crippen LogP contribution in [-0.2, 0) is 17.8 Å². The van der Waals surface area contributed by atoms with Crippen molar-refractivity contribution in [1.29, 1.82) is 0 Å². The predicted octanol–water partition coefficient (Wildman–Crippen LogP) is 5.92. The Morgan fingerprint density at radius 2 is 1.81 bits per heavy atom. The number of aromatic nitrogens is 2. The van der Waals surface area contributed by atoms with E-state index in [9.17, 15) is 4.79 Å². The van der Waals surface area contributed by atoms with E-state index in [1.165, 1.54) is 0 Å². The van der Waals surface area contributed by atoms with E-state index in [2.05, 4.69) is 27.8 Å². The molecule has 4 rings (SSSR count). The Hall–Kier alpha value is -4.06. The number of carbonyl (C=O) groups excluding carboxylic acids is 1. The Labute approximate surface area is 187 Å². The van der Waals surface area contributed by atoms with Crippen LogP contribution in [0, 0.1) is 0 Å². The van der Waals surface area contributed by atoms with Crippen molar-refractivity contribution in [3.8, 4) is 17.0 Å². The molecule has 0 saturated heterocycles. The van der Waals surface area contributed by atoms with Gasteiger partial charge in [-0.1, -0.05) is 43.7 Å². The topological polar surface area (TPSA) is 79.0 Å². The first-order chi connectivity index (χ1) is 15.7. The minimum absolute atomic E-state index is 0.541. The Balaban J connectivity index is 1.41. The number of amides is 1. The van der Waals surface area contributed by atoms with E-state index in [1.807, 2.05) is 78.9 Å². The second kappa shape index (κ2) is 10.3. The molecule has 3 N–H and O–H groups in total. The molecule has 0 spiro atoms. The molecule has 6 nitrogen and oxygen atoms in total. The second-order valence-electron chi connectivity index (χ2n) is 7.47. The summed E-state index contributed by atoms with van der Waals surface area (Å²) in [7, 11) is 0. The number of aryl methyl sites for hydroxylation is 1. The Morgan fingerprint density at radius 3 is 2.56 bits per heavy atom. The van der Waals surface area contributed by atoms with E-state index < -0.39 is 0 Å². The molecule has 0 aliphatic rings. The van der Waals surface area contributed by atoms with Crippen molar-refractivity contribution < 1.29 is 9.53 Å². The van der Waals surface area contributed by atoms with Gasteiger partial charge in [0.2, 0.25) is 6.41 Å². The molecule has 3 aromatic carbocycles. The predicted molar refractivity (Wildman–Crippen MR) is 128 cm³/mol. The first kappa shape index (κ1) is 21.2. The van der Waals surface area contributed by atoms with Gasteiger partial charge in [0.1, 0.15) is 12.4 Å². The van der Waals surface area contributed by atoms with Crippen molar-refractivity contribution in [2.45, 2.75) is 26.4 Å². The zero-order valence-corrected chi connectivity index (χ0v) is 18.0. The molecule has 1 aromatic heterocycles. The van der Waals surface area contributed by atoms with Gasteiger partial charge in [-0.2, -0.15) is 5.10 Å². The minimum atomic E-state index is 0.541. The van der Waals surface area contributed by atoms with Crippen LogP contribution in [0.1, 0.15) is 24.5 Å². The number of rotatable bonds is 10. The summed E-state index contributed by atoms with van der Waals surface area (Å²) in [6, 6.07) is 25.9. The molecule has 0 radical (unpaired) electrons. The maximum absolute atomic E-state index is 10.8. The second-order valence-corrected chi connectivity index (χ2v) is 7.47. The molecule has 0 aliphatic carbocycles. The summed E-state index contributed by atoms with van der Waals surface area (Å²) in [6.07, 6.45) is 2.59. The van der Waals surface area contributed by atoms with Crippen LogP contribution >= 0.6 is 0 Å². The average Bonchev–Trinajstić information content (AvgIpc) is 3.29. The third-order valence-corrected chi connectivity index (χ3v) is 5.10. The highest BCUT2D eigenvalue weighted by Gasteiger charge is 2.07. The lowest BCUT2D eigenvalue weighted by atomic mass is 10.1. The number of nitrogens with zero attached hydrogens (tertiary/aromatic N) is 1. The van der Waals surface area contributed by atoms with Gasteiger partial charge in [0, 0.05) is 17.4 Å². The summed E-state index contributed by atoms with van der Waals surface area (Å²) in [5.74, 6) is 1.55. The normalized spacial score (nSPS) is 10.5. The molecule has 0 unspecified atom stereocenters. The van der Waals surface area contributed by atoms with Gasteiger partial charge in [0.15, 0.2) is 5.82 Å². The number of nitrogens with one attached hydrogen (secondary N) is 3. The van der Waals surface area contributed by atoms with Gasteiger partial charge in [-0.3, -0.25) is 9.89 Å². The summed E-state index contributed by atoms with van der Waals surface area (Å²) in [5.41, 5.74) is 5.92. The van der Waals surface area contributed by atoms with Crippen LogP contribution in [0.15, 0.2) is 78.9 Å². The number of aromatic amines is 1. The molecule has 0 fully saturated rings. The summed E-state index contributed by atoms with van der Waals surface area (Å²) < 4.78 is 5.86. The first-order valence-electron chi connectivity index (χ1n) is 10.7. The molecule has 162 valence electrons. The molecule has 6 heteroatoms. The largest absolute Gasteiger partial charge is 0.489 e. The van der Waals surface area contributed by atoms with Crippen molar-refractivity contribution in [3.05, 3.63) is 90.0 Å². The Bertz CT molecular complexity index is 1150. The number of H-pyrrole nitrogens is 1. The molecule has 32 heavy (non-hydrogen) atoms. The number of anilines is 3. The van der Waals surface area contributed by atoms with Crippen LogP contribution in [0.25, 0.3) is 11.3 Å². The zero-order valence-electron chi connectivity index (χ0n) is 18.0. The number of ether oxygens (including phenoxy) is 1. The van der Waals surface area contributed by atoms with Crippen molar-refractivity contribution in [2.75, 3.05) is 10.6 Å². The summed E-state index contributed by atoms with van der Waals surface area (Å²) >= 11 is 0. The maximum atomic E-state index is 10.8. The standard InChI is InChI=1S/C26H26N4O2/c1-2-6-21-15-22(11-14-24(21)27-18-31)28-26-16-25(29-30-26)20-9-12-23(13-10-20)32-17-19-7-4-3-5-8-19/h3-5,7-16,18H,2,6,17H2,1H3,(H,27,31)(H2,28,29,30). The van der Waals surface area contributed by atoms with E-state index in [0.29, 0.717) is 13.0 Å². The summed E-state index contributed by atoms with van der Waals surface area (Å²) in [4.78, 5) is 10.8. The smallest absolute Gasteiger partial charge is 0.211 e. The van der Waals surface area contributed by atoms with Crippen LogP contribution in [0.5, 0.6) is 5.75 Å². The summed E-state index contributed by atoms with van der Waals surface area (Å²) in [5, 5.41) is 13.5. The fraction of sp³-hybridized carbons (Fsp3) is 0.154. The third kappa shape index (κ3) is 5.35. The van der Waals surface area contributed by atoms with Crippen LogP contribution < -0.4 is 15.4 Å². The van der Waals surface area contributed by atoms with Crippen LogP contribution in [0.2, 0.25) is 0 Å². The monoisotopic (exact) mass is 426 g/mol. The van der Waals surface area contributed by atoms with Crippen molar-refractivity contribution in [3.63, 3.8) is 0 Å². The van der Waals surface area contributed by atoms with Gasteiger partial charge < -0.3 is 15.4 Å². The van der Waals surface area contributed by atoms with E-state index in [4.69, 9.17) is 4.74 Å². The third-order valence-electron chi connectivity index (χ3n) is 5.10. The van der Waals surface area contributed by atoms with E-state index in [0.717, 1.165) is 58.2 Å². The molecule has 0 atom stereocenters. The van der Waals surface area contributed by atoms with E-state index >= 15 is 0 Å². The van der Waals surface area contributed by atoms with Crippen molar-refractivity contribution in [2.24, 2.45) is 0 Å². The van der Waals surface area contributed by atoms with Crippen LogP contribution in [-0.4, -0.2) is 16.6 Å². The molecule has 0 aliphatic heterocycles. The highest BCUT2D eigenvalue weighted by Crippen LogP contribution is 2.27. The quantitative estimate of drug-likeness (QED) is 0.275. The molecule has 0 saturated carbocycles. The van der Waals surface area contributed by atoms with E-state index in [-0.39, 0.29) is 0 Å². The average molecular weight is 427 g/mol. The van der Waals surface area contributed by atoms with Crippen molar-refractivity contribution >= 4 is 23.6 Å². The first-order valence-corrected chi connectivity index (χ1v) is 10.7. The highest BCUT2D eigenvalue weighted by molar-refractivity contribution is 5.76. The Morgan fingerprint density at radius 1 is 1.00 bits per heavy atom. The van der Waals surface area contributed by atoms with Crippen molar-refractivity contribution in [1.82, 2.24) is 10.2 Å². The molecule has 4 aromatic rings. The van der Waals surface area contributed by atoms with Gasteiger partial charge >= 0.3 is 0 Å². The number of benzene rings is 3. The molecular formula is C26H26N4O2. The number of carbonyl (C=O) groups is 1.